The van der Waals surface area contributed by atoms with Gasteiger partial charge in [0.2, 0.25) is 0 Å². The summed E-state index contributed by atoms with van der Waals surface area (Å²) in [5, 5.41) is 14.7. The van der Waals surface area contributed by atoms with Crippen molar-refractivity contribution in [3.8, 4) is 0 Å². The maximum atomic E-state index is 6.04. The summed E-state index contributed by atoms with van der Waals surface area (Å²) in [6, 6.07) is 11.7. The molecule has 3 aliphatic rings. The Morgan fingerprint density at radius 1 is 1.03 bits per heavy atom. The van der Waals surface area contributed by atoms with Crippen molar-refractivity contribution >= 4 is 28.0 Å². The molecule has 31 heavy (non-hydrogen) atoms. The van der Waals surface area contributed by atoms with Crippen LogP contribution in [0.1, 0.15) is 42.9 Å². The molecule has 1 unspecified atom stereocenters. The first kappa shape index (κ1) is 20.0. The number of nitrogens with zero attached hydrogens (tertiary/aromatic N) is 5. The highest BCUT2D eigenvalue weighted by atomic mass is 15.3. The molecule has 162 valence electrons. The lowest BCUT2D eigenvalue weighted by Crippen LogP contribution is -2.61. The van der Waals surface area contributed by atoms with E-state index in [1.165, 1.54) is 18.5 Å². The number of rotatable bonds is 4. The molecule has 0 saturated carbocycles. The molecule has 3 atom stereocenters. The van der Waals surface area contributed by atoms with Crippen LogP contribution in [0, 0.1) is 13.8 Å². The highest BCUT2D eigenvalue weighted by molar-refractivity contribution is 5.95. The van der Waals surface area contributed by atoms with Gasteiger partial charge in [-0.1, -0.05) is 6.07 Å². The van der Waals surface area contributed by atoms with E-state index in [0.29, 0.717) is 12.1 Å². The predicted molar refractivity (Wildman–Crippen MR) is 126 cm³/mol. The number of piperazine rings is 1. The van der Waals surface area contributed by atoms with E-state index >= 15 is 0 Å². The molecule has 0 amide bonds. The number of hydrogen-bond acceptors (Lipinski definition) is 7. The number of aryl methyl sites for hydroxylation is 2. The maximum absolute atomic E-state index is 6.04. The van der Waals surface area contributed by atoms with Gasteiger partial charge in [0.15, 0.2) is 5.82 Å². The number of nitrogens with one attached hydrogen (secondary N) is 1. The SMILES string of the molecule is Cc1cc(N)cc([C@@H](C)Nc2nnc(C)c3ccc(N4C[C@H]5CCC4CN5C)cc23)n1. The second kappa shape index (κ2) is 7.64. The monoisotopic (exact) mass is 417 g/mol. The first-order chi connectivity index (χ1) is 14.9. The second-order valence-electron chi connectivity index (χ2n) is 9.17. The molecule has 3 aliphatic heterocycles. The van der Waals surface area contributed by atoms with Crippen molar-refractivity contribution in [3.63, 3.8) is 0 Å². The molecule has 3 fully saturated rings. The van der Waals surface area contributed by atoms with Crippen LogP contribution in [0.3, 0.4) is 0 Å². The highest BCUT2D eigenvalue weighted by Gasteiger charge is 2.37. The summed E-state index contributed by atoms with van der Waals surface area (Å²) < 4.78 is 0. The zero-order valence-corrected chi connectivity index (χ0v) is 18.8. The number of pyridine rings is 1. The van der Waals surface area contributed by atoms with Crippen molar-refractivity contribution in [2.75, 3.05) is 36.1 Å². The molecule has 3 N–H and O–H groups in total. The number of nitrogens with two attached hydrogens (primary N) is 1. The van der Waals surface area contributed by atoms with Crippen molar-refractivity contribution in [3.05, 3.63) is 47.4 Å². The summed E-state index contributed by atoms with van der Waals surface area (Å²) in [6.45, 7) is 8.29. The third kappa shape index (κ3) is 3.67. The summed E-state index contributed by atoms with van der Waals surface area (Å²) >= 11 is 0. The number of piperidine rings is 2. The molecule has 0 radical (unpaired) electrons. The van der Waals surface area contributed by atoms with Gasteiger partial charge in [0.25, 0.3) is 0 Å². The van der Waals surface area contributed by atoms with Gasteiger partial charge in [-0.2, -0.15) is 5.10 Å². The number of aromatic nitrogens is 3. The average Bonchev–Trinajstić information content (AvgIpc) is 2.75. The van der Waals surface area contributed by atoms with Gasteiger partial charge in [0.05, 0.1) is 17.4 Å². The quantitative estimate of drug-likeness (QED) is 0.670. The summed E-state index contributed by atoms with van der Waals surface area (Å²) in [7, 11) is 2.25. The van der Waals surface area contributed by atoms with Crippen molar-refractivity contribution in [1.29, 1.82) is 0 Å². The van der Waals surface area contributed by atoms with E-state index in [1.807, 2.05) is 26.0 Å². The fourth-order valence-corrected chi connectivity index (χ4v) is 5.14. The van der Waals surface area contributed by atoms with Crippen LogP contribution in [0.2, 0.25) is 0 Å². The van der Waals surface area contributed by atoms with E-state index in [1.54, 1.807) is 0 Å². The molecule has 1 aromatic carbocycles. The average molecular weight is 418 g/mol. The number of anilines is 3. The number of benzene rings is 1. The van der Waals surface area contributed by atoms with Crippen molar-refractivity contribution in [1.82, 2.24) is 20.1 Å². The van der Waals surface area contributed by atoms with Crippen molar-refractivity contribution in [2.45, 2.75) is 51.7 Å². The van der Waals surface area contributed by atoms with Gasteiger partial charge in [-0.3, -0.25) is 9.88 Å². The van der Waals surface area contributed by atoms with E-state index in [2.05, 4.69) is 62.5 Å². The maximum Gasteiger partial charge on any atom is 0.157 e. The van der Waals surface area contributed by atoms with Gasteiger partial charge in [0, 0.05) is 53.0 Å². The Balaban J connectivity index is 1.50. The third-order valence-electron chi connectivity index (χ3n) is 6.88. The molecule has 0 spiro atoms. The molecule has 7 nitrogen and oxygen atoms in total. The van der Waals surface area contributed by atoms with E-state index in [0.717, 1.165) is 52.4 Å². The van der Waals surface area contributed by atoms with Crippen LogP contribution >= 0.6 is 0 Å². The van der Waals surface area contributed by atoms with Gasteiger partial charge < -0.3 is 16.0 Å². The summed E-state index contributed by atoms with van der Waals surface area (Å²) in [5.41, 5.74) is 10.8. The van der Waals surface area contributed by atoms with Gasteiger partial charge in [-0.25, -0.2) is 0 Å². The van der Waals surface area contributed by atoms with Gasteiger partial charge in [-0.05, 0) is 64.9 Å². The number of likely N-dealkylation sites (N-methyl/N-ethyl adjacent to an activating group) is 1. The number of nitrogen functional groups attached to an aromatic ring is 1. The van der Waals surface area contributed by atoms with Gasteiger partial charge in [-0.15, -0.1) is 5.10 Å². The Morgan fingerprint density at radius 3 is 2.55 bits per heavy atom. The molecule has 2 bridgehead atoms. The predicted octanol–water partition coefficient (Wildman–Crippen LogP) is 3.68. The van der Waals surface area contributed by atoms with Gasteiger partial charge in [0.1, 0.15) is 0 Å². The number of hydrogen-bond donors (Lipinski definition) is 2. The lowest BCUT2D eigenvalue weighted by molar-refractivity contribution is 0.125. The molecular formula is C24H31N7. The lowest BCUT2D eigenvalue weighted by atomic mass is 9.90. The van der Waals surface area contributed by atoms with Crippen molar-refractivity contribution in [2.24, 2.45) is 0 Å². The van der Waals surface area contributed by atoms with Crippen LogP contribution in [0.5, 0.6) is 0 Å². The Kier molecular flexibility index (Phi) is 4.93. The smallest absolute Gasteiger partial charge is 0.157 e. The fraction of sp³-hybridized carbons (Fsp3) is 0.458. The highest BCUT2D eigenvalue weighted by Crippen LogP contribution is 2.35. The Labute approximate surface area is 183 Å². The first-order valence-corrected chi connectivity index (χ1v) is 11.1. The minimum absolute atomic E-state index is 0.0364. The van der Waals surface area contributed by atoms with Crippen LogP contribution in [-0.2, 0) is 0 Å². The minimum atomic E-state index is -0.0364. The standard InChI is InChI=1S/C24H31N7/c1-14-9-17(25)10-23(26-14)16(3)27-24-22-11-18(7-8-21(22)15(2)28-29-24)31-13-19-5-6-20(31)12-30(19)4/h7-11,16,19-20H,5-6,12-13H2,1-4H3,(H2,25,26)(H,27,29)/t16-,19-,20?/m1/s1. The molecule has 6 rings (SSSR count). The van der Waals surface area contributed by atoms with E-state index in [4.69, 9.17) is 5.73 Å². The molecule has 5 heterocycles. The first-order valence-electron chi connectivity index (χ1n) is 11.1. The zero-order chi connectivity index (χ0) is 21.7. The molecule has 2 aromatic heterocycles. The fourth-order valence-electron chi connectivity index (χ4n) is 5.14. The summed E-state index contributed by atoms with van der Waals surface area (Å²) in [4.78, 5) is 9.74. The van der Waals surface area contributed by atoms with E-state index in [9.17, 15) is 0 Å². The van der Waals surface area contributed by atoms with Gasteiger partial charge >= 0.3 is 0 Å². The van der Waals surface area contributed by atoms with Crippen LogP contribution in [0.15, 0.2) is 30.3 Å². The molecule has 7 heteroatoms. The van der Waals surface area contributed by atoms with E-state index in [-0.39, 0.29) is 6.04 Å². The van der Waals surface area contributed by atoms with E-state index < -0.39 is 0 Å². The summed E-state index contributed by atoms with van der Waals surface area (Å²) in [5.74, 6) is 0.788. The lowest BCUT2D eigenvalue weighted by Gasteiger charge is -2.51. The Morgan fingerprint density at radius 2 is 1.84 bits per heavy atom. The Hall–Kier alpha value is -2.93. The topological polar surface area (TPSA) is 83.2 Å². The molecular weight excluding hydrogens is 386 g/mol. The Bertz CT molecular complexity index is 1110. The largest absolute Gasteiger partial charge is 0.399 e. The molecule has 3 aromatic rings. The second-order valence-corrected chi connectivity index (χ2v) is 9.17. The zero-order valence-electron chi connectivity index (χ0n) is 18.8. The van der Waals surface area contributed by atoms with Crippen LogP contribution in [0.4, 0.5) is 17.2 Å². The van der Waals surface area contributed by atoms with Crippen LogP contribution in [-0.4, -0.2) is 52.3 Å². The number of fused-ring (bicyclic) bond motifs is 4. The van der Waals surface area contributed by atoms with Crippen LogP contribution in [0.25, 0.3) is 10.8 Å². The molecule has 3 saturated heterocycles. The third-order valence-corrected chi connectivity index (χ3v) is 6.88. The normalized spacial score (nSPS) is 22.1. The minimum Gasteiger partial charge on any atom is -0.399 e. The van der Waals surface area contributed by atoms with Crippen molar-refractivity contribution < 1.29 is 0 Å². The molecule has 0 aliphatic carbocycles. The summed E-state index contributed by atoms with van der Waals surface area (Å²) in [6.07, 6.45) is 2.57. The van der Waals surface area contributed by atoms with Crippen LogP contribution < -0.4 is 16.0 Å².